The maximum Gasteiger partial charge on any atom is 0.221 e. The number of benzene rings is 2. The molecule has 0 aliphatic heterocycles. The van der Waals surface area contributed by atoms with E-state index in [9.17, 15) is 9.18 Å². The molecule has 0 spiro atoms. The molecule has 29 heavy (non-hydrogen) atoms. The van der Waals surface area contributed by atoms with Gasteiger partial charge >= 0.3 is 0 Å². The molecular weight excluding hydrogens is 385 g/mol. The first-order valence-electron chi connectivity index (χ1n) is 9.92. The van der Waals surface area contributed by atoms with Crippen LogP contribution >= 0.6 is 11.9 Å². The summed E-state index contributed by atoms with van der Waals surface area (Å²) >= 11 is 1.28. The number of carbonyl (C=O) groups is 1. The Labute approximate surface area is 178 Å². The molecular formula is C23H32FN3OS. The topological polar surface area (TPSA) is 72.4 Å². The number of rotatable bonds is 7. The first-order chi connectivity index (χ1) is 13.7. The molecule has 0 saturated heterocycles. The van der Waals surface area contributed by atoms with E-state index in [2.05, 4.69) is 31.1 Å². The first-order valence-corrected chi connectivity index (χ1v) is 10.8. The van der Waals surface area contributed by atoms with Crippen molar-refractivity contribution in [3.63, 3.8) is 0 Å². The molecule has 0 radical (unpaired) electrons. The van der Waals surface area contributed by atoms with Crippen LogP contribution in [0, 0.1) is 5.82 Å². The van der Waals surface area contributed by atoms with E-state index in [1.165, 1.54) is 23.6 Å². The average molecular weight is 418 g/mol. The molecule has 6 heteroatoms. The molecule has 0 unspecified atom stereocenters. The highest BCUT2D eigenvalue weighted by Crippen LogP contribution is 2.43. The zero-order valence-corrected chi connectivity index (χ0v) is 18.6. The highest BCUT2D eigenvalue weighted by Gasteiger charge is 2.28. The predicted octanol–water partition coefficient (Wildman–Crippen LogP) is 4.57. The van der Waals surface area contributed by atoms with Crippen molar-refractivity contribution in [2.75, 3.05) is 14.1 Å². The van der Waals surface area contributed by atoms with Gasteiger partial charge in [-0.15, -0.1) is 0 Å². The Balaban J connectivity index is 0.000000221. The van der Waals surface area contributed by atoms with Gasteiger partial charge in [0.05, 0.1) is 6.42 Å². The van der Waals surface area contributed by atoms with Gasteiger partial charge in [0.25, 0.3) is 0 Å². The average Bonchev–Trinajstić information content (AvgIpc) is 3.48. The second-order valence-corrected chi connectivity index (χ2v) is 8.84. The van der Waals surface area contributed by atoms with Crippen LogP contribution in [0.15, 0.2) is 41.3 Å². The molecule has 1 aliphatic carbocycles. The highest BCUT2D eigenvalue weighted by molar-refractivity contribution is 7.97. The Morgan fingerprint density at radius 2 is 1.83 bits per heavy atom. The van der Waals surface area contributed by atoms with Gasteiger partial charge in [-0.25, -0.2) is 4.39 Å². The number of halogens is 1. The number of carbonyl (C=O) groups excluding carboxylic acids is 1. The van der Waals surface area contributed by atoms with Crippen LogP contribution in [-0.2, 0) is 17.8 Å². The molecule has 0 aromatic heterocycles. The summed E-state index contributed by atoms with van der Waals surface area (Å²) in [5.41, 5.74) is 9.48. The van der Waals surface area contributed by atoms with Gasteiger partial charge in [0.15, 0.2) is 0 Å². The van der Waals surface area contributed by atoms with E-state index in [4.69, 9.17) is 10.9 Å². The minimum atomic E-state index is -0.347. The van der Waals surface area contributed by atoms with Crippen molar-refractivity contribution in [2.24, 2.45) is 10.9 Å². The monoisotopic (exact) mass is 417 g/mol. The van der Waals surface area contributed by atoms with Crippen molar-refractivity contribution < 1.29 is 9.18 Å². The van der Waals surface area contributed by atoms with Crippen LogP contribution in [0.1, 0.15) is 60.8 Å². The fourth-order valence-electron chi connectivity index (χ4n) is 3.37. The summed E-state index contributed by atoms with van der Waals surface area (Å²) < 4.78 is 13.6. The lowest BCUT2D eigenvalue weighted by Gasteiger charge is -2.16. The Morgan fingerprint density at radius 1 is 1.21 bits per heavy atom. The summed E-state index contributed by atoms with van der Waals surface area (Å²) in [5.74, 6) is 0.0827. The van der Waals surface area contributed by atoms with Crippen molar-refractivity contribution >= 4 is 17.9 Å². The van der Waals surface area contributed by atoms with Crippen molar-refractivity contribution in [1.82, 2.24) is 4.90 Å². The summed E-state index contributed by atoms with van der Waals surface area (Å²) in [5, 5.41) is 5.41. The van der Waals surface area contributed by atoms with Crippen molar-refractivity contribution in [3.8, 4) is 0 Å². The zero-order valence-electron chi connectivity index (χ0n) is 17.7. The summed E-state index contributed by atoms with van der Waals surface area (Å²) in [7, 11) is 4.12. The largest absolute Gasteiger partial charge is 0.369 e. The molecule has 3 rings (SSSR count). The summed E-state index contributed by atoms with van der Waals surface area (Å²) in [6, 6.07) is 11.4. The molecule has 2 aromatic rings. The van der Waals surface area contributed by atoms with E-state index in [0.29, 0.717) is 5.92 Å². The Kier molecular flexibility index (Phi) is 8.68. The Morgan fingerprint density at radius 3 is 2.28 bits per heavy atom. The number of hydrogen-bond acceptors (Lipinski definition) is 4. The van der Waals surface area contributed by atoms with Crippen molar-refractivity contribution in [1.29, 1.82) is 0 Å². The van der Waals surface area contributed by atoms with Crippen LogP contribution in [0.2, 0.25) is 0 Å². The van der Waals surface area contributed by atoms with Crippen molar-refractivity contribution in [3.05, 3.63) is 64.5 Å². The molecule has 1 fully saturated rings. The molecule has 1 saturated carbocycles. The highest BCUT2D eigenvalue weighted by atomic mass is 32.2. The molecule has 1 amide bonds. The fourth-order valence-corrected chi connectivity index (χ4v) is 3.66. The Hall–Kier alpha value is -1.89. The van der Waals surface area contributed by atoms with E-state index in [1.807, 2.05) is 26.0 Å². The molecule has 0 heterocycles. The lowest BCUT2D eigenvalue weighted by Crippen LogP contribution is -2.17. The molecule has 0 bridgehead atoms. The van der Waals surface area contributed by atoms with Gasteiger partial charge in [0, 0.05) is 11.4 Å². The second-order valence-electron chi connectivity index (χ2n) is 8.13. The third kappa shape index (κ3) is 7.46. The minimum absolute atomic E-state index is 0.205. The quantitative estimate of drug-likeness (QED) is 0.648. The molecule has 2 aromatic carbocycles. The maximum atomic E-state index is 13.6. The number of amides is 1. The van der Waals surface area contributed by atoms with E-state index >= 15 is 0 Å². The molecule has 158 valence electrons. The van der Waals surface area contributed by atoms with E-state index in [-0.39, 0.29) is 24.1 Å². The lowest BCUT2D eigenvalue weighted by atomic mass is 9.89. The van der Waals surface area contributed by atoms with E-state index in [0.717, 1.165) is 41.0 Å². The van der Waals surface area contributed by atoms with Crippen LogP contribution in [0.25, 0.3) is 0 Å². The number of hydrogen-bond donors (Lipinski definition) is 2. The second kappa shape index (κ2) is 10.8. The SMILES string of the molecule is CC(C)c1cc(F)cc(C2CC2)c1CC(N)=O.CN(C)Cc1ccc(SN)cc1. The fraction of sp³-hybridized carbons (Fsp3) is 0.435. The van der Waals surface area contributed by atoms with Crippen LogP contribution in [0.5, 0.6) is 0 Å². The summed E-state index contributed by atoms with van der Waals surface area (Å²) in [6.45, 7) is 5.00. The van der Waals surface area contributed by atoms with E-state index < -0.39 is 0 Å². The van der Waals surface area contributed by atoms with Gasteiger partial charge in [-0.2, -0.15) is 0 Å². The zero-order chi connectivity index (χ0) is 21.6. The normalized spacial score (nSPS) is 13.4. The molecule has 4 nitrogen and oxygen atoms in total. The van der Waals surface area contributed by atoms with Gasteiger partial charge in [0.2, 0.25) is 5.91 Å². The maximum absolute atomic E-state index is 13.6. The standard InChI is InChI=1S/C14H18FNO.C9H14N2S/c1-8(2)11-5-10(15)6-12(9-3-4-9)13(11)7-14(16)17;1-11(2)7-8-3-5-9(12-10)6-4-8/h5-6,8-9H,3-4,7H2,1-2H3,(H2,16,17);3-6H,7,10H2,1-2H3. The van der Waals surface area contributed by atoms with Crippen LogP contribution in [-0.4, -0.2) is 24.9 Å². The molecule has 0 atom stereocenters. The van der Waals surface area contributed by atoms with Crippen LogP contribution in [0.3, 0.4) is 0 Å². The van der Waals surface area contributed by atoms with Gasteiger partial charge in [0.1, 0.15) is 5.82 Å². The minimum Gasteiger partial charge on any atom is -0.369 e. The predicted molar refractivity (Wildman–Crippen MR) is 119 cm³/mol. The van der Waals surface area contributed by atoms with Crippen molar-refractivity contribution in [2.45, 2.75) is 56.4 Å². The number of nitrogens with zero attached hydrogens (tertiary/aromatic N) is 1. The third-order valence-electron chi connectivity index (χ3n) is 4.83. The van der Waals surface area contributed by atoms with E-state index in [1.54, 1.807) is 6.07 Å². The van der Waals surface area contributed by atoms with Crippen LogP contribution in [0.4, 0.5) is 4.39 Å². The van der Waals surface area contributed by atoms with Gasteiger partial charge in [-0.1, -0.05) is 26.0 Å². The number of nitrogens with two attached hydrogens (primary N) is 2. The lowest BCUT2D eigenvalue weighted by molar-refractivity contribution is -0.117. The Bertz CT molecular complexity index is 794. The number of primary amides is 1. The smallest absolute Gasteiger partial charge is 0.221 e. The summed E-state index contributed by atoms with van der Waals surface area (Å²) in [4.78, 5) is 14.4. The van der Waals surface area contributed by atoms with Gasteiger partial charge < -0.3 is 10.6 Å². The first kappa shape index (κ1) is 23.4. The van der Waals surface area contributed by atoms with Gasteiger partial charge in [-0.05, 0) is 97.2 Å². The third-order valence-corrected chi connectivity index (χ3v) is 5.38. The summed E-state index contributed by atoms with van der Waals surface area (Å²) in [6.07, 6.45) is 2.40. The molecule has 4 N–H and O–H groups in total. The molecule has 1 aliphatic rings. The van der Waals surface area contributed by atoms with Gasteiger partial charge in [-0.3, -0.25) is 9.93 Å². The van der Waals surface area contributed by atoms with Crippen LogP contribution < -0.4 is 10.9 Å².